The molecule has 0 atom stereocenters. The average Bonchev–Trinajstić information content (AvgIpc) is 3.08. The van der Waals surface area contributed by atoms with Crippen LogP contribution in [0, 0.1) is 5.41 Å². The van der Waals surface area contributed by atoms with Crippen LogP contribution >= 0.6 is 0 Å². The Kier molecular flexibility index (Phi) is 3.29. The van der Waals surface area contributed by atoms with E-state index in [1.807, 2.05) is 25.2 Å². The van der Waals surface area contributed by atoms with Crippen LogP contribution in [-0.4, -0.2) is 30.3 Å². The Balaban J connectivity index is 1.89. The maximum atomic E-state index is 8.97. The zero-order chi connectivity index (χ0) is 11.4. The first-order valence-corrected chi connectivity index (χ1v) is 5.78. The molecule has 2 rings (SSSR count). The first-order valence-electron chi connectivity index (χ1n) is 5.78. The van der Waals surface area contributed by atoms with Crippen molar-refractivity contribution in [2.45, 2.75) is 19.3 Å². The number of pyridine rings is 1. The van der Waals surface area contributed by atoms with Crippen molar-refractivity contribution in [3.8, 4) is 0 Å². The predicted octanol–water partition coefficient (Wildman–Crippen LogP) is 1.70. The zero-order valence-corrected chi connectivity index (χ0v) is 9.66. The minimum absolute atomic E-state index is 0.283. The Hall–Kier alpha value is -1.29. The summed E-state index contributed by atoms with van der Waals surface area (Å²) in [6.07, 6.45) is 3.32. The summed E-state index contributed by atoms with van der Waals surface area (Å²) in [5, 5.41) is 15.3. The quantitative estimate of drug-likeness (QED) is 0.684. The van der Waals surface area contributed by atoms with E-state index in [1.54, 1.807) is 0 Å². The highest BCUT2D eigenvalue weighted by Gasteiger charge is 2.41. The van der Waals surface area contributed by atoms with Crippen LogP contribution in [-0.2, 0) is 0 Å². The van der Waals surface area contributed by atoms with Gasteiger partial charge in [0.25, 0.3) is 0 Å². The summed E-state index contributed by atoms with van der Waals surface area (Å²) < 4.78 is 0. The molecule has 0 amide bonds. The van der Waals surface area contributed by atoms with Gasteiger partial charge in [-0.25, -0.2) is 4.98 Å². The number of anilines is 2. The molecule has 1 aromatic rings. The van der Waals surface area contributed by atoms with Crippen LogP contribution in [0.15, 0.2) is 18.2 Å². The van der Waals surface area contributed by atoms with Crippen molar-refractivity contribution in [1.82, 2.24) is 4.98 Å². The summed E-state index contributed by atoms with van der Waals surface area (Å²) in [5.41, 5.74) is 0.325. The fourth-order valence-corrected chi connectivity index (χ4v) is 1.88. The molecule has 16 heavy (non-hydrogen) atoms. The summed E-state index contributed by atoms with van der Waals surface area (Å²) in [4.78, 5) is 4.40. The Morgan fingerprint density at radius 2 is 2.12 bits per heavy atom. The standard InChI is InChI=1S/C12H19N3O/c1-13-10-3-2-4-11(15-10)14-9-12(5-6-12)7-8-16/h2-4,16H,5-9H2,1H3,(H2,13,14,15). The van der Waals surface area contributed by atoms with Crippen molar-refractivity contribution in [3.05, 3.63) is 18.2 Å². The molecule has 1 aliphatic rings. The number of aliphatic hydroxyl groups excluding tert-OH is 1. The lowest BCUT2D eigenvalue weighted by atomic mass is 10.0. The number of hydrogen-bond donors (Lipinski definition) is 3. The van der Waals surface area contributed by atoms with E-state index in [9.17, 15) is 0 Å². The second-order valence-electron chi connectivity index (χ2n) is 4.49. The molecule has 3 N–H and O–H groups in total. The molecule has 0 unspecified atom stereocenters. The van der Waals surface area contributed by atoms with Gasteiger partial charge in [-0.15, -0.1) is 0 Å². The molecule has 0 saturated heterocycles. The molecular weight excluding hydrogens is 202 g/mol. The molecular formula is C12H19N3O. The topological polar surface area (TPSA) is 57.2 Å². The summed E-state index contributed by atoms with van der Waals surface area (Å²) in [6.45, 7) is 1.19. The van der Waals surface area contributed by atoms with Gasteiger partial charge in [-0.1, -0.05) is 6.07 Å². The Morgan fingerprint density at radius 1 is 1.38 bits per heavy atom. The van der Waals surface area contributed by atoms with Crippen molar-refractivity contribution in [3.63, 3.8) is 0 Å². The highest BCUT2D eigenvalue weighted by atomic mass is 16.3. The van der Waals surface area contributed by atoms with Crippen LogP contribution in [0.3, 0.4) is 0 Å². The molecule has 88 valence electrons. The molecule has 4 heteroatoms. The summed E-state index contributed by atoms with van der Waals surface area (Å²) in [7, 11) is 1.86. The monoisotopic (exact) mass is 221 g/mol. The molecule has 1 saturated carbocycles. The van der Waals surface area contributed by atoms with Crippen molar-refractivity contribution in [1.29, 1.82) is 0 Å². The number of hydrogen-bond acceptors (Lipinski definition) is 4. The van der Waals surface area contributed by atoms with Gasteiger partial charge in [0.1, 0.15) is 11.6 Å². The van der Waals surface area contributed by atoms with Crippen LogP contribution in [0.25, 0.3) is 0 Å². The van der Waals surface area contributed by atoms with Gasteiger partial charge < -0.3 is 15.7 Å². The minimum Gasteiger partial charge on any atom is -0.396 e. The number of rotatable bonds is 6. The number of nitrogens with one attached hydrogen (secondary N) is 2. The van der Waals surface area contributed by atoms with Gasteiger partial charge in [-0.3, -0.25) is 0 Å². The zero-order valence-electron chi connectivity index (χ0n) is 9.66. The van der Waals surface area contributed by atoms with Crippen molar-refractivity contribution in [2.75, 3.05) is 30.8 Å². The van der Waals surface area contributed by atoms with E-state index in [0.717, 1.165) is 24.6 Å². The Morgan fingerprint density at radius 3 is 2.75 bits per heavy atom. The van der Waals surface area contributed by atoms with Crippen LogP contribution in [0.5, 0.6) is 0 Å². The third-order valence-corrected chi connectivity index (χ3v) is 3.25. The van der Waals surface area contributed by atoms with Crippen molar-refractivity contribution >= 4 is 11.6 Å². The van der Waals surface area contributed by atoms with E-state index < -0.39 is 0 Å². The lowest BCUT2D eigenvalue weighted by molar-refractivity contribution is 0.253. The van der Waals surface area contributed by atoms with Crippen molar-refractivity contribution < 1.29 is 5.11 Å². The van der Waals surface area contributed by atoms with E-state index in [-0.39, 0.29) is 6.61 Å². The largest absolute Gasteiger partial charge is 0.396 e. The number of aromatic nitrogens is 1. The van der Waals surface area contributed by atoms with Gasteiger partial charge >= 0.3 is 0 Å². The van der Waals surface area contributed by atoms with E-state index in [4.69, 9.17) is 5.11 Å². The predicted molar refractivity (Wildman–Crippen MR) is 65.6 cm³/mol. The molecule has 0 bridgehead atoms. The first kappa shape index (κ1) is 11.2. The van der Waals surface area contributed by atoms with Crippen LogP contribution in [0.1, 0.15) is 19.3 Å². The van der Waals surface area contributed by atoms with Crippen LogP contribution in [0.2, 0.25) is 0 Å². The van der Waals surface area contributed by atoms with E-state index >= 15 is 0 Å². The van der Waals surface area contributed by atoms with E-state index in [1.165, 1.54) is 12.8 Å². The molecule has 0 radical (unpaired) electrons. The van der Waals surface area contributed by atoms with Crippen molar-refractivity contribution in [2.24, 2.45) is 5.41 Å². The van der Waals surface area contributed by atoms with E-state index in [2.05, 4.69) is 15.6 Å². The average molecular weight is 221 g/mol. The maximum absolute atomic E-state index is 8.97. The minimum atomic E-state index is 0.283. The molecule has 4 nitrogen and oxygen atoms in total. The summed E-state index contributed by atoms with van der Waals surface area (Å²) >= 11 is 0. The molecule has 0 aromatic carbocycles. The Labute approximate surface area is 96.1 Å². The second kappa shape index (κ2) is 4.70. The van der Waals surface area contributed by atoms with Gasteiger partial charge in [-0.2, -0.15) is 0 Å². The maximum Gasteiger partial charge on any atom is 0.128 e. The van der Waals surface area contributed by atoms with Gasteiger partial charge in [0.15, 0.2) is 0 Å². The molecule has 1 aromatic heterocycles. The summed E-state index contributed by atoms with van der Waals surface area (Å²) in [6, 6.07) is 5.88. The molecule has 1 fully saturated rings. The molecule has 1 aliphatic carbocycles. The second-order valence-corrected chi connectivity index (χ2v) is 4.49. The van der Waals surface area contributed by atoms with Gasteiger partial charge in [0.2, 0.25) is 0 Å². The fourth-order valence-electron chi connectivity index (χ4n) is 1.88. The first-order chi connectivity index (χ1) is 7.78. The lowest BCUT2D eigenvalue weighted by Gasteiger charge is -2.15. The van der Waals surface area contributed by atoms with E-state index in [0.29, 0.717) is 5.41 Å². The molecule has 1 heterocycles. The smallest absolute Gasteiger partial charge is 0.128 e. The molecule has 0 spiro atoms. The van der Waals surface area contributed by atoms with Gasteiger partial charge in [0.05, 0.1) is 0 Å². The third-order valence-electron chi connectivity index (χ3n) is 3.25. The van der Waals surface area contributed by atoms with Gasteiger partial charge in [-0.05, 0) is 36.8 Å². The summed E-state index contributed by atoms with van der Waals surface area (Å²) in [5.74, 6) is 1.77. The van der Waals surface area contributed by atoms with Crippen LogP contribution in [0.4, 0.5) is 11.6 Å². The SMILES string of the molecule is CNc1cccc(NCC2(CCO)CC2)n1. The normalized spacial score (nSPS) is 16.9. The van der Waals surface area contributed by atoms with Crippen LogP contribution < -0.4 is 10.6 Å². The number of nitrogens with zero attached hydrogens (tertiary/aromatic N) is 1. The van der Waals surface area contributed by atoms with Gasteiger partial charge in [0, 0.05) is 20.2 Å². The Bertz CT molecular complexity index is 350. The third kappa shape index (κ3) is 2.64. The number of aliphatic hydroxyl groups is 1. The lowest BCUT2D eigenvalue weighted by Crippen LogP contribution is -2.17. The molecule has 0 aliphatic heterocycles. The highest BCUT2D eigenvalue weighted by Crippen LogP contribution is 2.48. The fraction of sp³-hybridized carbons (Fsp3) is 0.583. The highest BCUT2D eigenvalue weighted by molar-refractivity contribution is 5.44.